The lowest BCUT2D eigenvalue weighted by molar-refractivity contribution is -0.119. The topological polar surface area (TPSA) is 78.9 Å². The van der Waals surface area contributed by atoms with Gasteiger partial charge in [0, 0.05) is 14.1 Å². The minimum absolute atomic E-state index is 0.0672. The molecule has 0 aromatic carbocycles. The van der Waals surface area contributed by atoms with Crippen molar-refractivity contribution in [1.29, 1.82) is 0 Å². The number of aryl methyl sites for hydroxylation is 1. The number of ketones is 1. The van der Waals surface area contributed by atoms with Gasteiger partial charge in [-0.25, -0.2) is 9.78 Å². The molecule has 2 aromatic heterocycles. The van der Waals surface area contributed by atoms with Crippen molar-refractivity contribution < 1.29 is 4.79 Å². The van der Waals surface area contributed by atoms with Crippen LogP contribution in [0, 0.1) is 0 Å². The molecule has 1 atom stereocenters. The van der Waals surface area contributed by atoms with Gasteiger partial charge in [0.2, 0.25) is 0 Å². The highest BCUT2D eigenvalue weighted by Crippen LogP contribution is 2.13. The zero-order valence-electron chi connectivity index (χ0n) is 10.7. The summed E-state index contributed by atoms with van der Waals surface area (Å²) in [4.78, 5) is 39.2. The Bertz CT molecular complexity index is 750. The van der Waals surface area contributed by atoms with Crippen LogP contribution in [0.25, 0.3) is 11.2 Å². The monoisotopic (exact) mass is 250 g/mol. The van der Waals surface area contributed by atoms with Crippen LogP contribution in [0.5, 0.6) is 0 Å². The Kier molecular flexibility index (Phi) is 2.68. The Morgan fingerprint density at radius 1 is 1.28 bits per heavy atom. The number of aromatic nitrogens is 4. The van der Waals surface area contributed by atoms with Crippen molar-refractivity contribution in [2.45, 2.75) is 19.9 Å². The van der Waals surface area contributed by atoms with E-state index in [1.54, 1.807) is 18.5 Å². The summed E-state index contributed by atoms with van der Waals surface area (Å²) in [5.41, 5.74) is -0.342. The molecule has 0 radical (unpaired) electrons. The van der Waals surface area contributed by atoms with Gasteiger partial charge in [0.25, 0.3) is 5.56 Å². The fraction of sp³-hybridized carbons (Fsp3) is 0.455. The summed E-state index contributed by atoms with van der Waals surface area (Å²) in [5.74, 6) is -0.0672. The Hall–Kier alpha value is -2.18. The highest BCUT2D eigenvalue weighted by atomic mass is 16.2. The van der Waals surface area contributed by atoms with Crippen molar-refractivity contribution in [3.05, 3.63) is 27.2 Å². The number of hydrogen-bond donors (Lipinski definition) is 0. The quantitative estimate of drug-likeness (QED) is 0.725. The molecule has 2 aromatic rings. The molecule has 96 valence electrons. The van der Waals surface area contributed by atoms with E-state index in [1.807, 2.05) is 0 Å². The summed E-state index contributed by atoms with van der Waals surface area (Å²) in [5, 5.41) is 0. The summed E-state index contributed by atoms with van der Waals surface area (Å²) in [6.07, 6.45) is 1.41. The van der Waals surface area contributed by atoms with Gasteiger partial charge in [0.15, 0.2) is 16.9 Å². The van der Waals surface area contributed by atoms with E-state index in [4.69, 9.17) is 0 Å². The van der Waals surface area contributed by atoms with Crippen LogP contribution in [-0.4, -0.2) is 24.5 Å². The molecule has 0 amide bonds. The second-order valence-electron chi connectivity index (χ2n) is 4.32. The van der Waals surface area contributed by atoms with Gasteiger partial charge in [-0.2, -0.15) is 0 Å². The average molecular weight is 250 g/mol. The van der Waals surface area contributed by atoms with E-state index in [1.165, 1.54) is 24.9 Å². The standard InChI is InChI=1S/C11H14N4O3/c1-6(7(2)16)15-5-12-8-9(15)13(3)11(18)14(4)10(8)17/h5-6H,1-4H3. The molecule has 0 spiro atoms. The maximum atomic E-state index is 11.9. The minimum Gasteiger partial charge on any atom is -0.306 e. The first-order chi connectivity index (χ1) is 8.36. The molecule has 0 aliphatic rings. The van der Waals surface area contributed by atoms with Crippen LogP contribution in [0.2, 0.25) is 0 Å². The SMILES string of the molecule is CC(=O)C(C)n1cnc2c(=O)n(C)c(=O)n(C)c21. The molecular weight excluding hydrogens is 236 g/mol. The molecule has 0 N–H and O–H groups in total. The molecule has 0 aliphatic heterocycles. The second-order valence-corrected chi connectivity index (χ2v) is 4.32. The van der Waals surface area contributed by atoms with Gasteiger partial charge in [-0.05, 0) is 13.8 Å². The summed E-state index contributed by atoms with van der Waals surface area (Å²) in [7, 11) is 2.95. The van der Waals surface area contributed by atoms with Crippen LogP contribution in [0.1, 0.15) is 19.9 Å². The summed E-state index contributed by atoms with van der Waals surface area (Å²) >= 11 is 0. The maximum absolute atomic E-state index is 11.9. The number of fused-ring (bicyclic) bond motifs is 1. The van der Waals surface area contributed by atoms with Gasteiger partial charge < -0.3 is 4.57 Å². The lowest BCUT2D eigenvalue weighted by Gasteiger charge is -2.12. The third kappa shape index (κ3) is 1.51. The highest BCUT2D eigenvalue weighted by Gasteiger charge is 2.18. The Labute approximate surface area is 102 Å². The molecule has 2 heterocycles. The van der Waals surface area contributed by atoms with Crippen molar-refractivity contribution in [2.75, 3.05) is 0 Å². The van der Waals surface area contributed by atoms with E-state index in [-0.39, 0.29) is 11.3 Å². The number of Topliss-reactive ketones (excluding diaryl/α,β-unsaturated/α-hetero) is 1. The van der Waals surface area contributed by atoms with Crippen molar-refractivity contribution in [3.63, 3.8) is 0 Å². The number of carbonyl (C=O) groups excluding carboxylic acids is 1. The number of rotatable bonds is 2. The third-order valence-electron chi connectivity index (χ3n) is 3.17. The molecule has 0 aliphatic carbocycles. The van der Waals surface area contributed by atoms with Crippen molar-refractivity contribution in [2.24, 2.45) is 14.1 Å². The van der Waals surface area contributed by atoms with Crippen molar-refractivity contribution in [3.8, 4) is 0 Å². The normalized spacial score (nSPS) is 12.9. The molecule has 0 saturated carbocycles. The Morgan fingerprint density at radius 3 is 2.44 bits per heavy atom. The first kappa shape index (κ1) is 12.3. The number of carbonyl (C=O) groups is 1. The molecule has 7 nitrogen and oxygen atoms in total. The average Bonchev–Trinajstić information content (AvgIpc) is 2.77. The first-order valence-corrected chi connectivity index (χ1v) is 5.49. The van der Waals surface area contributed by atoms with E-state index in [0.29, 0.717) is 5.65 Å². The third-order valence-corrected chi connectivity index (χ3v) is 3.17. The Balaban J connectivity index is 2.95. The van der Waals surface area contributed by atoms with E-state index in [9.17, 15) is 14.4 Å². The van der Waals surface area contributed by atoms with Gasteiger partial charge in [0.1, 0.15) is 0 Å². The lowest BCUT2D eigenvalue weighted by atomic mass is 10.2. The Morgan fingerprint density at radius 2 is 1.89 bits per heavy atom. The van der Waals surface area contributed by atoms with Crippen LogP contribution in [-0.2, 0) is 18.9 Å². The fourth-order valence-electron chi connectivity index (χ4n) is 1.88. The van der Waals surface area contributed by atoms with Crippen molar-refractivity contribution in [1.82, 2.24) is 18.7 Å². The predicted octanol–water partition coefficient (Wildman–Crippen LogP) is -0.416. The van der Waals surface area contributed by atoms with Gasteiger partial charge in [-0.1, -0.05) is 0 Å². The van der Waals surface area contributed by atoms with E-state index < -0.39 is 17.3 Å². The van der Waals surface area contributed by atoms with E-state index >= 15 is 0 Å². The molecule has 0 saturated heterocycles. The summed E-state index contributed by atoms with van der Waals surface area (Å²) < 4.78 is 3.86. The molecule has 0 bridgehead atoms. The molecule has 0 fully saturated rings. The zero-order valence-corrected chi connectivity index (χ0v) is 10.7. The van der Waals surface area contributed by atoms with E-state index in [2.05, 4.69) is 4.98 Å². The van der Waals surface area contributed by atoms with E-state index in [0.717, 1.165) is 4.57 Å². The maximum Gasteiger partial charge on any atom is 0.332 e. The number of hydrogen-bond acceptors (Lipinski definition) is 4. The van der Waals surface area contributed by atoms with Gasteiger partial charge in [-0.15, -0.1) is 0 Å². The molecule has 2 rings (SSSR count). The fourth-order valence-corrected chi connectivity index (χ4v) is 1.88. The molecule has 7 heteroatoms. The van der Waals surface area contributed by atoms with Crippen LogP contribution in [0.15, 0.2) is 15.9 Å². The molecule has 18 heavy (non-hydrogen) atoms. The van der Waals surface area contributed by atoms with Crippen LogP contribution >= 0.6 is 0 Å². The van der Waals surface area contributed by atoms with Gasteiger partial charge in [0.05, 0.1) is 12.4 Å². The van der Waals surface area contributed by atoms with Crippen molar-refractivity contribution >= 4 is 16.9 Å². The van der Waals surface area contributed by atoms with Crippen LogP contribution in [0.3, 0.4) is 0 Å². The smallest absolute Gasteiger partial charge is 0.306 e. The first-order valence-electron chi connectivity index (χ1n) is 5.49. The largest absolute Gasteiger partial charge is 0.332 e. The summed E-state index contributed by atoms with van der Waals surface area (Å²) in [6, 6.07) is -0.465. The number of nitrogens with zero attached hydrogens (tertiary/aromatic N) is 4. The molecular formula is C11H14N4O3. The van der Waals surface area contributed by atoms with Gasteiger partial charge >= 0.3 is 5.69 Å². The highest BCUT2D eigenvalue weighted by molar-refractivity contribution is 5.82. The lowest BCUT2D eigenvalue weighted by Crippen LogP contribution is -2.37. The van der Waals surface area contributed by atoms with Crippen LogP contribution < -0.4 is 11.2 Å². The number of imidazole rings is 1. The molecule has 1 unspecified atom stereocenters. The van der Waals surface area contributed by atoms with Crippen LogP contribution in [0.4, 0.5) is 0 Å². The van der Waals surface area contributed by atoms with Gasteiger partial charge in [-0.3, -0.25) is 18.7 Å². The second kappa shape index (κ2) is 3.94. The predicted molar refractivity (Wildman–Crippen MR) is 65.6 cm³/mol. The summed E-state index contributed by atoms with van der Waals surface area (Å²) in [6.45, 7) is 3.15. The zero-order chi connectivity index (χ0) is 13.6. The minimum atomic E-state index is -0.465.